The molecular formula is C16H25NO2. The second kappa shape index (κ2) is 5.83. The maximum Gasteiger partial charge on any atom is 0.126 e. The van der Waals surface area contributed by atoms with Crippen molar-refractivity contribution in [2.75, 3.05) is 14.2 Å². The number of benzene rings is 1. The molecule has 1 aromatic rings. The van der Waals surface area contributed by atoms with Crippen molar-refractivity contribution in [3.8, 4) is 11.5 Å². The van der Waals surface area contributed by atoms with Crippen molar-refractivity contribution in [2.24, 2.45) is 5.73 Å². The Morgan fingerprint density at radius 1 is 1.11 bits per heavy atom. The number of nitrogens with two attached hydrogens (primary N) is 1. The fraction of sp³-hybridized carbons (Fsp3) is 0.625. The van der Waals surface area contributed by atoms with Crippen LogP contribution in [-0.4, -0.2) is 14.2 Å². The maximum atomic E-state index is 6.69. The molecule has 0 atom stereocenters. The predicted octanol–water partition coefficient (Wildman–Crippen LogP) is 3.38. The average Bonchev–Trinajstić information content (AvgIpc) is 2.46. The van der Waals surface area contributed by atoms with E-state index in [1.807, 2.05) is 6.07 Å². The third-order valence-corrected chi connectivity index (χ3v) is 4.27. The standard InChI is InChI=1S/C16H25NO2/c1-4-13-14(16(17)8-6-5-7-9-16)10-12(18-2)11-15(13)19-3/h10-11H,4-9,17H2,1-3H3. The predicted molar refractivity (Wildman–Crippen MR) is 77.9 cm³/mol. The lowest BCUT2D eigenvalue weighted by Gasteiger charge is -2.36. The fourth-order valence-corrected chi connectivity index (χ4v) is 3.18. The third-order valence-electron chi connectivity index (χ3n) is 4.27. The van der Waals surface area contributed by atoms with E-state index in [1.165, 1.54) is 30.4 Å². The van der Waals surface area contributed by atoms with Crippen LogP contribution < -0.4 is 15.2 Å². The molecule has 1 aromatic carbocycles. The monoisotopic (exact) mass is 263 g/mol. The van der Waals surface area contributed by atoms with E-state index in [1.54, 1.807) is 14.2 Å². The van der Waals surface area contributed by atoms with Gasteiger partial charge in [0.1, 0.15) is 11.5 Å². The molecule has 0 spiro atoms. The lowest BCUT2D eigenvalue weighted by Crippen LogP contribution is -2.39. The van der Waals surface area contributed by atoms with Gasteiger partial charge in [0.05, 0.1) is 14.2 Å². The topological polar surface area (TPSA) is 44.5 Å². The van der Waals surface area contributed by atoms with Gasteiger partial charge in [-0.15, -0.1) is 0 Å². The number of hydrogen-bond acceptors (Lipinski definition) is 3. The minimum atomic E-state index is -0.217. The number of rotatable bonds is 4. The van der Waals surface area contributed by atoms with Crippen LogP contribution in [0.25, 0.3) is 0 Å². The molecule has 0 bridgehead atoms. The molecule has 1 aliphatic carbocycles. The zero-order chi connectivity index (χ0) is 13.9. The van der Waals surface area contributed by atoms with Crippen molar-refractivity contribution in [1.82, 2.24) is 0 Å². The zero-order valence-electron chi connectivity index (χ0n) is 12.3. The van der Waals surface area contributed by atoms with Gasteiger partial charge in [-0.3, -0.25) is 0 Å². The van der Waals surface area contributed by atoms with Gasteiger partial charge >= 0.3 is 0 Å². The molecule has 0 aromatic heterocycles. The Morgan fingerprint density at radius 2 is 1.79 bits per heavy atom. The van der Waals surface area contributed by atoms with E-state index in [9.17, 15) is 0 Å². The van der Waals surface area contributed by atoms with Gasteiger partial charge in [0.15, 0.2) is 0 Å². The summed E-state index contributed by atoms with van der Waals surface area (Å²) in [6.45, 7) is 2.15. The van der Waals surface area contributed by atoms with E-state index in [-0.39, 0.29) is 5.54 Å². The minimum absolute atomic E-state index is 0.217. The van der Waals surface area contributed by atoms with Gasteiger partial charge < -0.3 is 15.2 Å². The van der Waals surface area contributed by atoms with Crippen LogP contribution in [0.3, 0.4) is 0 Å². The summed E-state index contributed by atoms with van der Waals surface area (Å²) >= 11 is 0. The molecule has 0 unspecified atom stereocenters. The number of methoxy groups -OCH3 is 2. The maximum absolute atomic E-state index is 6.69. The first-order chi connectivity index (χ1) is 9.14. The molecule has 3 nitrogen and oxygen atoms in total. The molecule has 1 fully saturated rings. The van der Waals surface area contributed by atoms with E-state index in [2.05, 4.69) is 13.0 Å². The van der Waals surface area contributed by atoms with Gasteiger partial charge in [-0.25, -0.2) is 0 Å². The fourth-order valence-electron chi connectivity index (χ4n) is 3.18. The van der Waals surface area contributed by atoms with E-state index >= 15 is 0 Å². The SMILES string of the molecule is CCc1c(OC)cc(OC)cc1C1(N)CCCCC1. The first kappa shape index (κ1) is 14.2. The van der Waals surface area contributed by atoms with Crippen LogP contribution in [0.5, 0.6) is 11.5 Å². The average molecular weight is 263 g/mol. The summed E-state index contributed by atoms with van der Waals surface area (Å²) < 4.78 is 10.9. The molecule has 19 heavy (non-hydrogen) atoms. The van der Waals surface area contributed by atoms with Crippen molar-refractivity contribution in [3.63, 3.8) is 0 Å². The highest BCUT2D eigenvalue weighted by Crippen LogP contribution is 2.41. The van der Waals surface area contributed by atoms with Gasteiger partial charge in [-0.1, -0.05) is 26.2 Å². The molecule has 2 rings (SSSR count). The summed E-state index contributed by atoms with van der Waals surface area (Å²) in [5.41, 5.74) is 8.92. The summed E-state index contributed by atoms with van der Waals surface area (Å²) in [6, 6.07) is 4.06. The zero-order valence-corrected chi connectivity index (χ0v) is 12.3. The summed E-state index contributed by atoms with van der Waals surface area (Å²) in [4.78, 5) is 0. The Morgan fingerprint density at radius 3 is 2.32 bits per heavy atom. The highest BCUT2D eigenvalue weighted by molar-refractivity contribution is 5.49. The molecule has 2 N–H and O–H groups in total. The van der Waals surface area contributed by atoms with Crippen molar-refractivity contribution in [1.29, 1.82) is 0 Å². The Kier molecular flexibility index (Phi) is 4.35. The van der Waals surface area contributed by atoms with E-state index in [0.717, 1.165) is 30.8 Å². The first-order valence-corrected chi connectivity index (χ1v) is 7.19. The van der Waals surface area contributed by atoms with Crippen molar-refractivity contribution in [2.45, 2.75) is 51.0 Å². The molecule has 0 radical (unpaired) electrons. The lowest BCUT2D eigenvalue weighted by atomic mass is 9.75. The molecule has 0 amide bonds. The van der Waals surface area contributed by atoms with Crippen LogP contribution >= 0.6 is 0 Å². The molecule has 1 aliphatic rings. The highest BCUT2D eigenvalue weighted by Gasteiger charge is 2.32. The Balaban J connectivity index is 2.52. The van der Waals surface area contributed by atoms with E-state index < -0.39 is 0 Å². The van der Waals surface area contributed by atoms with Gasteiger partial charge in [0.25, 0.3) is 0 Å². The Bertz CT molecular complexity index is 437. The molecule has 106 valence electrons. The van der Waals surface area contributed by atoms with Gasteiger partial charge in [0.2, 0.25) is 0 Å². The lowest BCUT2D eigenvalue weighted by molar-refractivity contribution is 0.296. The van der Waals surface area contributed by atoms with Crippen molar-refractivity contribution in [3.05, 3.63) is 23.3 Å². The Hall–Kier alpha value is -1.22. The number of ether oxygens (including phenoxy) is 2. The minimum Gasteiger partial charge on any atom is -0.497 e. The van der Waals surface area contributed by atoms with Crippen LogP contribution in [-0.2, 0) is 12.0 Å². The molecule has 1 saturated carbocycles. The van der Waals surface area contributed by atoms with Crippen LogP contribution in [0.1, 0.15) is 50.2 Å². The molecule has 0 aliphatic heterocycles. The van der Waals surface area contributed by atoms with Gasteiger partial charge in [0, 0.05) is 11.6 Å². The van der Waals surface area contributed by atoms with Crippen LogP contribution in [0.2, 0.25) is 0 Å². The second-order valence-electron chi connectivity index (χ2n) is 5.43. The molecule has 0 saturated heterocycles. The van der Waals surface area contributed by atoms with Crippen LogP contribution in [0.15, 0.2) is 12.1 Å². The van der Waals surface area contributed by atoms with Crippen molar-refractivity contribution >= 4 is 0 Å². The van der Waals surface area contributed by atoms with Crippen LogP contribution in [0.4, 0.5) is 0 Å². The first-order valence-electron chi connectivity index (χ1n) is 7.19. The summed E-state index contributed by atoms with van der Waals surface area (Å²) in [5, 5.41) is 0. The second-order valence-corrected chi connectivity index (χ2v) is 5.43. The Labute approximate surface area is 116 Å². The highest BCUT2D eigenvalue weighted by atomic mass is 16.5. The quantitative estimate of drug-likeness (QED) is 0.905. The summed E-state index contributed by atoms with van der Waals surface area (Å²) in [6.07, 6.45) is 6.74. The van der Waals surface area contributed by atoms with E-state index in [4.69, 9.17) is 15.2 Å². The van der Waals surface area contributed by atoms with E-state index in [0.29, 0.717) is 0 Å². The molecular weight excluding hydrogens is 238 g/mol. The van der Waals surface area contributed by atoms with Gasteiger partial charge in [-0.05, 0) is 36.5 Å². The normalized spacial score (nSPS) is 18.1. The third kappa shape index (κ3) is 2.71. The van der Waals surface area contributed by atoms with Crippen molar-refractivity contribution < 1.29 is 9.47 Å². The smallest absolute Gasteiger partial charge is 0.126 e. The summed E-state index contributed by atoms with van der Waals surface area (Å²) in [7, 11) is 3.40. The molecule has 3 heteroatoms. The van der Waals surface area contributed by atoms with Crippen LogP contribution in [0, 0.1) is 0 Å². The largest absolute Gasteiger partial charge is 0.497 e. The number of hydrogen-bond donors (Lipinski definition) is 1. The van der Waals surface area contributed by atoms with Gasteiger partial charge in [-0.2, -0.15) is 0 Å². The molecule has 0 heterocycles. The summed E-state index contributed by atoms with van der Waals surface area (Å²) in [5.74, 6) is 1.73.